The monoisotopic (exact) mass is 230 g/mol. The fourth-order valence-corrected chi connectivity index (χ4v) is 3.45. The average Bonchev–Trinajstić information content (AvgIpc) is 2.78. The van der Waals surface area contributed by atoms with E-state index in [-0.39, 0.29) is 0 Å². The van der Waals surface area contributed by atoms with Gasteiger partial charge in [0, 0.05) is 17.8 Å². The molecule has 3 atom stereocenters. The Balaban J connectivity index is 1.92. The normalized spacial score (nSPS) is 30.9. The van der Waals surface area contributed by atoms with E-state index in [2.05, 4.69) is 48.7 Å². The van der Waals surface area contributed by atoms with Gasteiger partial charge in [-0.3, -0.25) is 0 Å². The summed E-state index contributed by atoms with van der Waals surface area (Å²) in [5.74, 6) is 1.53. The molecule has 2 nitrogen and oxygen atoms in total. The molecule has 2 heteroatoms. The second-order valence-corrected chi connectivity index (χ2v) is 5.85. The van der Waals surface area contributed by atoms with Gasteiger partial charge in [0.2, 0.25) is 0 Å². The third-order valence-corrected chi connectivity index (χ3v) is 4.15. The molecule has 0 aromatic heterocycles. The van der Waals surface area contributed by atoms with Gasteiger partial charge in [-0.2, -0.15) is 0 Å². The lowest BCUT2D eigenvalue weighted by Gasteiger charge is -2.37. The van der Waals surface area contributed by atoms with Crippen LogP contribution in [0.1, 0.15) is 38.3 Å². The maximum Gasteiger partial charge on any atom is 0.0391 e. The van der Waals surface area contributed by atoms with Crippen molar-refractivity contribution in [3.63, 3.8) is 0 Å². The third-order valence-electron chi connectivity index (χ3n) is 4.15. The molecular formula is C15H22N2. The van der Waals surface area contributed by atoms with Crippen molar-refractivity contribution >= 4 is 5.69 Å². The van der Waals surface area contributed by atoms with Crippen molar-refractivity contribution in [2.75, 3.05) is 11.9 Å². The molecule has 0 bridgehead atoms. The van der Waals surface area contributed by atoms with Gasteiger partial charge in [-0.05, 0) is 42.9 Å². The molecule has 0 unspecified atom stereocenters. The van der Waals surface area contributed by atoms with Crippen molar-refractivity contribution in [1.82, 2.24) is 5.32 Å². The van der Waals surface area contributed by atoms with Crippen LogP contribution in [0.2, 0.25) is 0 Å². The zero-order valence-electron chi connectivity index (χ0n) is 10.7. The van der Waals surface area contributed by atoms with Gasteiger partial charge in [0.1, 0.15) is 0 Å². The van der Waals surface area contributed by atoms with Crippen molar-refractivity contribution < 1.29 is 0 Å². The summed E-state index contributed by atoms with van der Waals surface area (Å²) in [6.45, 7) is 5.80. The highest BCUT2D eigenvalue weighted by Gasteiger charge is 2.39. The van der Waals surface area contributed by atoms with Crippen LogP contribution in [0.5, 0.6) is 0 Å². The minimum atomic E-state index is 0.580. The quantitative estimate of drug-likeness (QED) is 0.815. The van der Waals surface area contributed by atoms with Gasteiger partial charge in [-0.15, -0.1) is 0 Å². The third kappa shape index (κ3) is 1.95. The van der Waals surface area contributed by atoms with E-state index in [4.69, 9.17) is 0 Å². The predicted molar refractivity (Wildman–Crippen MR) is 72.2 cm³/mol. The smallest absolute Gasteiger partial charge is 0.0391 e. The molecule has 0 radical (unpaired) electrons. The Kier molecular flexibility index (Phi) is 2.83. The van der Waals surface area contributed by atoms with Gasteiger partial charge in [0.05, 0.1) is 0 Å². The Morgan fingerprint density at radius 3 is 2.94 bits per heavy atom. The first-order chi connectivity index (χ1) is 8.25. The second kappa shape index (κ2) is 4.34. The highest BCUT2D eigenvalue weighted by molar-refractivity contribution is 5.56. The fourth-order valence-electron chi connectivity index (χ4n) is 3.45. The number of hydrogen-bond donors (Lipinski definition) is 2. The Bertz CT molecular complexity index is 400. The van der Waals surface area contributed by atoms with Gasteiger partial charge in [0.15, 0.2) is 0 Å². The lowest BCUT2D eigenvalue weighted by Crippen LogP contribution is -2.38. The first-order valence-corrected chi connectivity index (χ1v) is 6.84. The Hall–Kier alpha value is -1.02. The molecule has 0 saturated carbocycles. The van der Waals surface area contributed by atoms with Crippen molar-refractivity contribution in [1.29, 1.82) is 0 Å². The molecule has 0 spiro atoms. The summed E-state index contributed by atoms with van der Waals surface area (Å²) < 4.78 is 0. The van der Waals surface area contributed by atoms with Crippen molar-refractivity contribution in [2.45, 2.75) is 38.8 Å². The fraction of sp³-hybridized carbons (Fsp3) is 0.600. The van der Waals surface area contributed by atoms with Crippen LogP contribution >= 0.6 is 0 Å². The number of fused-ring (bicyclic) bond motifs is 3. The summed E-state index contributed by atoms with van der Waals surface area (Å²) in [4.78, 5) is 0. The first kappa shape index (κ1) is 11.1. The van der Waals surface area contributed by atoms with Gasteiger partial charge in [-0.1, -0.05) is 32.0 Å². The Morgan fingerprint density at radius 1 is 1.29 bits per heavy atom. The Morgan fingerprint density at radius 2 is 2.12 bits per heavy atom. The number of benzene rings is 1. The standard InChI is InChI=1S/C15H22N2/c1-10(2)9-14-12-7-8-16-15(12)11-5-3-4-6-13(11)17-14/h3-6,10,12,14-17H,7-9H2,1-2H3/t12-,14+,15+/m0/s1. The number of hydrogen-bond acceptors (Lipinski definition) is 2. The summed E-state index contributed by atoms with van der Waals surface area (Å²) in [5.41, 5.74) is 2.81. The molecule has 0 amide bonds. The predicted octanol–water partition coefficient (Wildman–Crippen LogP) is 3.18. The summed E-state index contributed by atoms with van der Waals surface area (Å²) >= 11 is 0. The number of rotatable bonds is 2. The van der Waals surface area contributed by atoms with Gasteiger partial charge < -0.3 is 10.6 Å². The van der Waals surface area contributed by atoms with E-state index in [0.29, 0.717) is 12.1 Å². The largest absolute Gasteiger partial charge is 0.382 e. The molecule has 1 aromatic rings. The van der Waals surface area contributed by atoms with Crippen LogP contribution in [0.25, 0.3) is 0 Å². The van der Waals surface area contributed by atoms with Crippen LogP contribution in [-0.4, -0.2) is 12.6 Å². The Labute approximate surface area is 104 Å². The van der Waals surface area contributed by atoms with Crippen LogP contribution in [0.3, 0.4) is 0 Å². The van der Waals surface area contributed by atoms with Crippen LogP contribution in [-0.2, 0) is 0 Å². The zero-order valence-corrected chi connectivity index (χ0v) is 10.7. The van der Waals surface area contributed by atoms with Crippen LogP contribution < -0.4 is 10.6 Å². The van der Waals surface area contributed by atoms with E-state index < -0.39 is 0 Å². The van der Waals surface area contributed by atoms with Crippen LogP contribution in [0.4, 0.5) is 5.69 Å². The first-order valence-electron chi connectivity index (χ1n) is 6.84. The van der Waals surface area contributed by atoms with E-state index >= 15 is 0 Å². The molecular weight excluding hydrogens is 208 g/mol. The highest BCUT2D eigenvalue weighted by Crippen LogP contribution is 2.42. The van der Waals surface area contributed by atoms with E-state index in [9.17, 15) is 0 Å². The molecule has 0 aliphatic carbocycles. The molecule has 1 fully saturated rings. The van der Waals surface area contributed by atoms with E-state index in [1.807, 2.05) is 0 Å². The number of para-hydroxylation sites is 1. The molecule has 2 aliphatic rings. The molecule has 2 heterocycles. The minimum absolute atomic E-state index is 0.580. The summed E-state index contributed by atoms with van der Waals surface area (Å²) in [5, 5.41) is 7.44. The summed E-state index contributed by atoms with van der Waals surface area (Å²) in [6.07, 6.45) is 2.58. The molecule has 1 aromatic carbocycles. The zero-order chi connectivity index (χ0) is 11.8. The van der Waals surface area contributed by atoms with Crippen molar-refractivity contribution in [3.8, 4) is 0 Å². The second-order valence-electron chi connectivity index (χ2n) is 5.85. The van der Waals surface area contributed by atoms with Crippen molar-refractivity contribution in [3.05, 3.63) is 29.8 Å². The topological polar surface area (TPSA) is 24.1 Å². The minimum Gasteiger partial charge on any atom is -0.382 e. The lowest BCUT2D eigenvalue weighted by atomic mass is 9.80. The van der Waals surface area contributed by atoms with E-state index in [1.54, 1.807) is 0 Å². The van der Waals surface area contributed by atoms with Gasteiger partial charge in [-0.25, -0.2) is 0 Å². The van der Waals surface area contributed by atoms with E-state index in [0.717, 1.165) is 11.8 Å². The lowest BCUT2D eigenvalue weighted by molar-refractivity contribution is 0.340. The highest BCUT2D eigenvalue weighted by atomic mass is 15.0. The summed E-state index contributed by atoms with van der Waals surface area (Å²) in [6, 6.07) is 10.00. The molecule has 2 aliphatic heterocycles. The van der Waals surface area contributed by atoms with Gasteiger partial charge >= 0.3 is 0 Å². The van der Waals surface area contributed by atoms with Crippen LogP contribution in [0, 0.1) is 11.8 Å². The SMILES string of the molecule is CC(C)C[C@H]1Nc2ccccc2[C@H]2NCC[C@H]21. The number of anilines is 1. The van der Waals surface area contributed by atoms with Crippen LogP contribution in [0.15, 0.2) is 24.3 Å². The van der Waals surface area contributed by atoms with Gasteiger partial charge in [0.25, 0.3) is 0 Å². The molecule has 92 valence electrons. The molecule has 1 saturated heterocycles. The molecule has 2 N–H and O–H groups in total. The average molecular weight is 230 g/mol. The summed E-state index contributed by atoms with van der Waals surface area (Å²) in [7, 11) is 0. The maximum absolute atomic E-state index is 3.76. The van der Waals surface area contributed by atoms with Crippen molar-refractivity contribution in [2.24, 2.45) is 11.8 Å². The maximum atomic E-state index is 3.76. The number of nitrogens with one attached hydrogen (secondary N) is 2. The van der Waals surface area contributed by atoms with E-state index in [1.165, 1.54) is 30.6 Å². The molecule has 17 heavy (non-hydrogen) atoms. The molecule has 3 rings (SSSR count).